The van der Waals surface area contributed by atoms with Gasteiger partial charge in [-0.15, -0.1) is 11.3 Å². The first-order valence-corrected chi connectivity index (χ1v) is 8.80. The Labute approximate surface area is 153 Å². The molecule has 0 saturated heterocycles. The van der Waals surface area contributed by atoms with Gasteiger partial charge in [0.05, 0.1) is 13.2 Å². The summed E-state index contributed by atoms with van der Waals surface area (Å²) in [7, 11) is 0. The first-order valence-electron chi connectivity index (χ1n) is 7.92. The molecule has 0 radical (unpaired) electrons. The molecule has 8 nitrogen and oxygen atoms in total. The Morgan fingerprint density at radius 2 is 2.08 bits per heavy atom. The van der Waals surface area contributed by atoms with Crippen LogP contribution in [0.15, 0.2) is 35.7 Å². The Bertz CT molecular complexity index is 765. The minimum Gasteiger partial charge on any atom is -0.454 e. The van der Waals surface area contributed by atoms with Crippen molar-refractivity contribution < 1.29 is 28.9 Å². The molecular weight excluding hydrogens is 360 g/mol. The highest BCUT2D eigenvalue weighted by molar-refractivity contribution is 7.10. The minimum absolute atomic E-state index is 0.119. The standard InChI is InChI=1S/C17H18N2O6S/c20-5-6-23-14(15-2-1-7-26-15)9-18-16(21)17(22)19-11-3-4-12-13(8-11)25-10-24-12/h1-4,7-8,14,20H,5-6,9-10H2,(H,18,21)(H,19,22)/t14-/m1/s1. The lowest BCUT2D eigenvalue weighted by atomic mass is 10.2. The maximum absolute atomic E-state index is 12.1. The summed E-state index contributed by atoms with van der Waals surface area (Å²) in [5.41, 5.74) is 0.431. The number of fused-ring (bicyclic) bond motifs is 1. The van der Waals surface area contributed by atoms with Crippen LogP contribution in [0.4, 0.5) is 5.69 Å². The normalized spacial score (nSPS) is 13.3. The lowest BCUT2D eigenvalue weighted by Gasteiger charge is -2.16. The van der Waals surface area contributed by atoms with Gasteiger partial charge in [0.1, 0.15) is 6.10 Å². The van der Waals surface area contributed by atoms with Gasteiger partial charge in [-0.1, -0.05) is 6.07 Å². The van der Waals surface area contributed by atoms with Crippen LogP contribution in [-0.2, 0) is 14.3 Å². The molecule has 2 aromatic rings. The van der Waals surface area contributed by atoms with Gasteiger partial charge in [-0.2, -0.15) is 0 Å². The second-order valence-electron chi connectivity index (χ2n) is 5.33. The number of carbonyl (C=O) groups is 2. The highest BCUT2D eigenvalue weighted by atomic mass is 32.1. The van der Waals surface area contributed by atoms with Crippen LogP contribution < -0.4 is 20.1 Å². The molecule has 1 aliphatic heterocycles. The zero-order chi connectivity index (χ0) is 18.4. The number of amides is 2. The number of hydrogen-bond donors (Lipinski definition) is 3. The first kappa shape index (κ1) is 18.2. The van der Waals surface area contributed by atoms with E-state index in [0.29, 0.717) is 17.2 Å². The van der Waals surface area contributed by atoms with Crippen LogP contribution in [-0.4, -0.2) is 43.5 Å². The first-order chi connectivity index (χ1) is 12.7. The predicted octanol–water partition coefficient (Wildman–Crippen LogP) is 1.28. The number of aliphatic hydroxyl groups is 1. The SMILES string of the molecule is O=C(NC[C@@H](OCCO)c1cccs1)C(=O)Nc1ccc2c(c1)OCO2. The van der Waals surface area contributed by atoms with Gasteiger partial charge in [0.25, 0.3) is 0 Å². The zero-order valence-electron chi connectivity index (χ0n) is 13.8. The summed E-state index contributed by atoms with van der Waals surface area (Å²) >= 11 is 1.47. The number of anilines is 1. The Balaban J connectivity index is 1.54. The molecule has 1 aromatic carbocycles. The van der Waals surface area contributed by atoms with Crippen molar-refractivity contribution in [2.75, 3.05) is 31.9 Å². The van der Waals surface area contributed by atoms with Crippen molar-refractivity contribution in [2.45, 2.75) is 6.10 Å². The Hall–Kier alpha value is -2.62. The smallest absolute Gasteiger partial charge is 0.313 e. The second-order valence-corrected chi connectivity index (χ2v) is 6.31. The van der Waals surface area contributed by atoms with E-state index in [2.05, 4.69) is 10.6 Å². The fraction of sp³-hybridized carbons (Fsp3) is 0.294. The molecule has 26 heavy (non-hydrogen) atoms. The van der Waals surface area contributed by atoms with Crippen LogP contribution in [0.1, 0.15) is 11.0 Å². The molecule has 3 rings (SSSR count). The van der Waals surface area contributed by atoms with E-state index in [9.17, 15) is 9.59 Å². The molecule has 1 atom stereocenters. The van der Waals surface area contributed by atoms with E-state index in [4.69, 9.17) is 19.3 Å². The lowest BCUT2D eigenvalue weighted by Crippen LogP contribution is -2.38. The molecule has 138 valence electrons. The van der Waals surface area contributed by atoms with E-state index < -0.39 is 17.9 Å². The summed E-state index contributed by atoms with van der Waals surface area (Å²) in [6.45, 7) is 0.265. The van der Waals surface area contributed by atoms with Gasteiger partial charge in [-0.25, -0.2) is 0 Å². The van der Waals surface area contributed by atoms with Crippen molar-refractivity contribution in [2.24, 2.45) is 0 Å². The summed E-state index contributed by atoms with van der Waals surface area (Å²) in [5.74, 6) is -0.474. The maximum atomic E-state index is 12.1. The van der Waals surface area contributed by atoms with Crippen LogP contribution >= 0.6 is 11.3 Å². The van der Waals surface area contributed by atoms with Gasteiger partial charge in [-0.3, -0.25) is 9.59 Å². The summed E-state index contributed by atoms with van der Waals surface area (Å²) in [5, 5.41) is 15.9. The Morgan fingerprint density at radius 1 is 1.23 bits per heavy atom. The van der Waals surface area contributed by atoms with Crippen molar-refractivity contribution in [3.05, 3.63) is 40.6 Å². The fourth-order valence-corrected chi connectivity index (χ4v) is 3.11. The third kappa shape index (κ3) is 4.51. The monoisotopic (exact) mass is 378 g/mol. The molecule has 2 amide bonds. The number of ether oxygens (including phenoxy) is 3. The molecule has 9 heteroatoms. The number of carbonyl (C=O) groups excluding carboxylic acids is 2. The van der Waals surface area contributed by atoms with Gasteiger partial charge >= 0.3 is 11.8 Å². The summed E-state index contributed by atoms with van der Waals surface area (Å²) < 4.78 is 15.9. The molecule has 1 aliphatic rings. The molecule has 0 fully saturated rings. The van der Waals surface area contributed by atoms with E-state index in [-0.39, 0.29) is 26.6 Å². The molecular formula is C17H18N2O6S. The van der Waals surface area contributed by atoms with Gasteiger partial charge in [0.2, 0.25) is 6.79 Å². The van der Waals surface area contributed by atoms with E-state index in [1.165, 1.54) is 11.3 Å². The number of nitrogens with one attached hydrogen (secondary N) is 2. The molecule has 0 bridgehead atoms. The highest BCUT2D eigenvalue weighted by Crippen LogP contribution is 2.34. The number of thiophene rings is 1. The van der Waals surface area contributed by atoms with Crippen LogP contribution in [0, 0.1) is 0 Å². The van der Waals surface area contributed by atoms with Gasteiger partial charge < -0.3 is 30.0 Å². The number of hydrogen-bond acceptors (Lipinski definition) is 7. The molecule has 0 unspecified atom stereocenters. The Kier molecular flexibility index (Phi) is 6.05. The Morgan fingerprint density at radius 3 is 2.85 bits per heavy atom. The maximum Gasteiger partial charge on any atom is 0.313 e. The van der Waals surface area contributed by atoms with Crippen molar-refractivity contribution in [3.63, 3.8) is 0 Å². The highest BCUT2D eigenvalue weighted by Gasteiger charge is 2.20. The number of aliphatic hydroxyl groups excluding tert-OH is 1. The summed E-state index contributed by atoms with van der Waals surface area (Å²) in [6.07, 6.45) is -0.426. The fourth-order valence-electron chi connectivity index (χ4n) is 2.34. The van der Waals surface area contributed by atoms with Crippen molar-refractivity contribution in [1.82, 2.24) is 5.32 Å². The molecule has 0 saturated carbocycles. The summed E-state index contributed by atoms with van der Waals surface area (Å²) in [4.78, 5) is 25.0. The second kappa shape index (κ2) is 8.65. The predicted molar refractivity (Wildman–Crippen MR) is 94.3 cm³/mol. The number of benzene rings is 1. The lowest BCUT2D eigenvalue weighted by molar-refractivity contribution is -0.136. The number of rotatable bonds is 7. The molecule has 1 aromatic heterocycles. The topological polar surface area (TPSA) is 106 Å². The average Bonchev–Trinajstić information content (AvgIpc) is 3.32. The van der Waals surface area contributed by atoms with Gasteiger partial charge in [0.15, 0.2) is 11.5 Å². The van der Waals surface area contributed by atoms with Crippen LogP contribution in [0.5, 0.6) is 11.5 Å². The molecule has 2 heterocycles. The molecule has 0 spiro atoms. The van der Waals surface area contributed by atoms with E-state index in [1.807, 2.05) is 17.5 Å². The van der Waals surface area contributed by atoms with Crippen LogP contribution in [0.25, 0.3) is 0 Å². The average molecular weight is 378 g/mol. The minimum atomic E-state index is -0.795. The molecule has 0 aliphatic carbocycles. The summed E-state index contributed by atoms with van der Waals surface area (Å²) in [6, 6.07) is 8.60. The van der Waals surface area contributed by atoms with Crippen molar-refractivity contribution >= 4 is 28.8 Å². The van der Waals surface area contributed by atoms with E-state index >= 15 is 0 Å². The van der Waals surface area contributed by atoms with Crippen LogP contribution in [0.2, 0.25) is 0 Å². The quantitative estimate of drug-likeness (QED) is 0.627. The van der Waals surface area contributed by atoms with Crippen LogP contribution in [0.3, 0.4) is 0 Å². The molecule has 3 N–H and O–H groups in total. The van der Waals surface area contributed by atoms with Gasteiger partial charge in [-0.05, 0) is 23.6 Å². The van der Waals surface area contributed by atoms with Gasteiger partial charge in [0, 0.05) is 23.2 Å². The van der Waals surface area contributed by atoms with E-state index in [1.54, 1.807) is 18.2 Å². The third-order valence-electron chi connectivity index (χ3n) is 3.56. The largest absolute Gasteiger partial charge is 0.454 e. The third-order valence-corrected chi connectivity index (χ3v) is 4.52. The zero-order valence-corrected chi connectivity index (χ0v) is 14.6. The van der Waals surface area contributed by atoms with Crippen molar-refractivity contribution in [1.29, 1.82) is 0 Å². The van der Waals surface area contributed by atoms with E-state index in [0.717, 1.165) is 4.88 Å². The van der Waals surface area contributed by atoms with Crippen molar-refractivity contribution in [3.8, 4) is 11.5 Å².